The molecule has 2 atom stereocenters. The van der Waals surface area contributed by atoms with Crippen LogP contribution in [0, 0.1) is 11.8 Å². The first-order chi connectivity index (χ1) is 10.4. The van der Waals surface area contributed by atoms with Crippen molar-refractivity contribution in [2.75, 3.05) is 19.6 Å². The van der Waals surface area contributed by atoms with Crippen LogP contribution in [0.15, 0.2) is 28.7 Å². The van der Waals surface area contributed by atoms with Crippen molar-refractivity contribution < 1.29 is 19.5 Å². The summed E-state index contributed by atoms with van der Waals surface area (Å²) >= 11 is 3.28. The molecule has 1 fully saturated rings. The summed E-state index contributed by atoms with van der Waals surface area (Å²) in [4.78, 5) is 36.5. The number of halogens is 1. The van der Waals surface area contributed by atoms with Crippen LogP contribution in [-0.2, 0) is 9.59 Å². The molecule has 1 aromatic rings. The molecule has 1 aliphatic heterocycles. The third-order valence-corrected chi connectivity index (χ3v) is 4.32. The fraction of sp³-hybridized carbons (Fsp3) is 0.400. The fourth-order valence-corrected chi connectivity index (χ4v) is 2.73. The first kappa shape index (κ1) is 16.5. The molecule has 1 aromatic carbocycles. The molecule has 6 nitrogen and oxygen atoms in total. The molecule has 2 amide bonds. The van der Waals surface area contributed by atoms with Gasteiger partial charge in [0, 0.05) is 23.1 Å². The van der Waals surface area contributed by atoms with E-state index in [0.717, 1.165) is 4.47 Å². The van der Waals surface area contributed by atoms with E-state index in [9.17, 15) is 14.4 Å². The molecule has 2 N–H and O–H groups in total. The molecule has 7 heteroatoms. The van der Waals surface area contributed by atoms with Gasteiger partial charge in [-0.25, -0.2) is 0 Å². The Morgan fingerprint density at radius 3 is 2.45 bits per heavy atom. The lowest BCUT2D eigenvalue weighted by atomic mass is 9.99. The van der Waals surface area contributed by atoms with E-state index in [4.69, 9.17) is 5.11 Å². The van der Waals surface area contributed by atoms with Gasteiger partial charge in [0.1, 0.15) is 0 Å². The molecule has 22 heavy (non-hydrogen) atoms. The number of benzene rings is 1. The highest BCUT2D eigenvalue weighted by Gasteiger charge is 2.36. The lowest BCUT2D eigenvalue weighted by Crippen LogP contribution is -2.39. The number of carboxylic acids is 1. The topological polar surface area (TPSA) is 86.7 Å². The minimum atomic E-state index is -0.887. The third-order valence-electron chi connectivity index (χ3n) is 3.79. The van der Waals surface area contributed by atoms with Gasteiger partial charge < -0.3 is 15.3 Å². The van der Waals surface area contributed by atoms with Gasteiger partial charge in [0.15, 0.2) is 0 Å². The van der Waals surface area contributed by atoms with Gasteiger partial charge in [0.2, 0.25) is 5.91 Å². The molecule has 0 aromatic heterocycles. The summed E-state index contributed by atoms with van der Waals surface area (Å²) in [5, 5.41) is 11.6. The maximum atomic E-state index is 12.1. The molecule has 1 heterocycles. The number of nitrogens with one attached hydrogen (secondary N) is 1. The van der Waals surface area contributed by atoms with Gasteiger partial charge in [-0.3, -0.25) is 14.4 Å². The standard InChI is InChI=1S/C15H17BrN2O4/c1-9-7-18(8-12(9)15(21)22)13(19)6-17-14(20)10-2-4-11(16)5-3-10/h2-5,9,12H,6-8H2,1H3,(H,17,20)(H,21,22)/t9-,12-/m1/s1. The second-order valence-corrected chi connectivity index (χ2v) is 6.33. The van der Waals surface area contributed by atoms with E-state index in [2.05, 4.69) is 21.2 Å². The van der Waals surface area contributed by atoms with Gasteiger partial charge in [0.05, 0.1) is 12.5 Å². The Bertz CT molecular complexity index is 588. The molecule has 0 aliphatic carbocycles. The van der Waals surface area contributed by atoms with Crippen LogP contribution in [0.4, 0.5) is 0 Å². The maximum Gasteiger partial charge on any atom is 0.308 e. The number of likely N-dealkylation sites (tertiary alicyclic amines) is 1. The van der Waals surface area contributed by atoms with Gasteiger partial charge in [-0.2, -0.15) is 0 Å². The number of carbonyl (C=O) groups is 3. The van der Waals surface area contributed by atoms with Gasteiger partial charge in [-0.05, 0) is 30.2 Å². The Labute approximate surface area is 136 Å². The second-order valence-electron chi connectivity index (χ2n) is 5.41. The van der Waals surface area contributed by atoms with E-state index in [1.54, 1.807) is 24.3 Å². The van der Waals surface area contributed by atoms with E-state index < -0.39 is 11.9 Å². The second kappa shape index (κ2) is 6.91. The first-order valence-electron chi connectivity index (χ1n) is 6.93. The van der Waals surface area contributed by atoms with Crippen molar-refractivity contribution in [3.63, 3.8) is 0 Å². The SMILES string of the molecule is C[C@@H]1CN(C(=O)CNC(=O)c2ccc(Br)cc2)C[C@H]1C(=O)O. The zero-order valence-electron chi connectivity index (χ0n) is 12.1. The van der Waals surface area contributed by atoms with Gasteiger partial charge >= 0.3 is 5.97 Å². The summed E-state index contributed by atoms with van der Waals surface area (Å²) in [5.41, 5.74) is 0.467. The van der Waals surface area contributed by atoms with E-state index >= 15 is 0 Å². The highest BCUT2D eigenvalue weighted by Crippen LogP contribution is 2.22. The summed E-state index contributed by atoms with van der Waals surface area (Å²) < 4.78 is 0.867. The van der Waals surface area contributed by atoms with Crippen LogP contribution in [-0.4, -0.2) is 47.4 Å². The molecule has 0 unspecified atom stereocenters. The summed E-state index contributed by atoms with van der Waals surface area (Å²) in [6.07, 6.45) is 0. The number of amides is 2. The lowest BCUT2D eigenvalue weighted by molar-refractivity contribution is -0.142. The van der Waals surface area contributed by atoms with Crippen LogP contribution in [0.1, 0.15) is 17.3 Å². The molecule has 0 radical (unpaired) electrons. The number of hydrogen-bond donors (Lipinski definition) is 2. The zero-order chi connectivity index (χ0) is 16.3. The smallest absolute Gasteiger partial charge is 0.308 e. The molecule has 118 valence electrons. The first-order valence-corrected chi connectivity index (χ1v) is 7.72. The highest BCUT2D eigenvalue weighted by molar-refractivity contribution is 9.10. The summed E-state index contributed by atoms with van der Waals surface area (Å²) in [6.45, 7) is 2.29. The molecule has 0 saturated carbocycles. The fourth-order valence-electron chi connectivity index (χ4n) is 2.46. The van der Waals surface area contributed by atoms with Crippen LogP contribution in [0.5, 0.6) is 0 Å². The van der Waals surface area contributed by atoms with Crippen molar-refractivity contribution in [2.45, 2.75) is 6.92 Å². The van der Waals surface area contributed by atoms with E-state index in [0.29, 0.717) is 12.1 Å². The van der Waals surface area contributed by atoms with Gasteiger partial charge in [-0.15, -0.1) is 0 Å². The van der Waals surface area contributed by atoms with Crippen LogP contribution in [0.25, 0.3) is 0 Å². The summed E-state index contributed by atoms with van der Waals surface area (Å²) in [6, 6.07) is 6.80. The minimum absolute atomic E-state index is 0.0800. The quantitative estimate of drug-likeness (QED) is 0.839. The van der Waals surface area contributed by atoms with Crippen molar-refractivity contribution >= 4 is 33.7 Å². The van der Waals surface area contributed by atoms with Crippen LogP contribution in [0.2, 0.25) is 0 Å². The summed E-state index contributed by atoms with van der Waals surface area (Å²) in [5.74, 6) is -2.10. The summed E-state index contributed by atoms with van der Waals surface area (Å²) in [7, 11) is 0. The number of aliphatic carboxylic acids is 1. The van der Waals surface area contributed by atoms with Gasteiger partial charge in [-0.1, -0.05) is 22.9 Å². The molecule has 1 aliphatic rings. The van der Waals surface area contributed by atoms with Crippen molar-refractivity contribution in [3.05, 3.63) is 34.3 Å². The Morgan fingerprint density at radius 2 is 1.91 bits per heavy atom. The predicted octanol–water partition coefficient (Wildman–Crippen LogP) is 1.36. The normalized spacial score (nSPS) is 20.7. The van der Waals surface area contributed by atoms with E-state index in [-0.39, 0.29) is 30.8 Å². The van der Waals surface area contributed by atoms with Crippen molar-refractivity contribution in [1.29, 1.82) is 0 Å². The van der Waals surface area contributed by atoms with Crippen LogP contribution >= 0.6 is 15.9 Å². The molecule has 0 bridgehead atoms. The van der Waals surface area contributed by atoms with Crippen molar-refractivity contribution in [2.24, 2.45) is 11.8 Å². The van der Waals surface area contributed by atoms with E-state index in [1.165, 1.54) is 4.90 Å². The van der Waals surface area contributed by atoms with Crippen LogP contribution < -0.4 is 5.32 Å². The molecule has 0 spiro atoms. The molecule has 1 saturated heterocycles. The molecular formula is C15H17BrN2O4. The van der Waals surface area contributed by atoms with Crippen molar-refractivity contribution in [3.8, 4) is 0 Å². The number of hydrogen-bond acceptors (Lipinski definition) is 3. The Morgan fingerprint density at radius 1 is 1.27 bits per heavy atom. The Kier molecular flexibility index (Phi) is 5.18. The number of nitrogens with zero attached hydrogens (tertiary/aromatic N) is 1. The third kappa shape index (κ3) is 3.85. The average molecular weight is 369 g/mol. The highest BCUT2D eigenvalue weighted by atomic mass is 79.9. The zero-order valence-corrected chi connectivity index (χ0v) is 13.7. The Hall–Kier alpha value is -1.89. The number of rotatable bonds is 4. The number of carboxylic acid groups (broad SMARTS) is 1. The molecule has 2 rings (SSSR count). The maximum absolute atomic E-state index is 12.1. The lowest BCUT2D eigenvalue weighted by Gasteiger charge is -2.16. The van der Waals surface area contributed by atoms with E-state index in [1.807, 2.05) is 6.92 Å². The average Bonchev–Trinajstić information content (AvgIpc) is 2.87. The number of carbonyl (C=O) groups excluding carboxylic acids is 2. The minimum Gasteiger partial charge on any atom is -0.481 e. The Balaban J connectivity index is 1.87. The largest absolute Gasteiger partial charge is 0.481 e. The van der Waals surface area contributed by atoms with Crippen molar-refractivity contribution in [1.82, 2.24) is 10.2 Å². The monoisotopic (exact) mass is 368 g/mol. The van der Waals surface area contributed by atoms with Crippen LogP contribution in [0.3, 0.4) is 0 Å². The predicted molar refractivity (Wildman–Crippen MR) is 83.3 cm³/mol. The molecular weight excluding hydrogens is 352 g/mol. The van der Waals surface area contributed by atoms with Gasteiger partial charge in [0.25, 0.3) is 5.91 Å².